The summed E-state index contributed by atoms with van der Waals surface area (Å²) in [5.74, 6) is 2.47. The van der Waals surface area contributed by atoms with Crippen LogP contribution >= 0.6 is 0 Å². The first-order chi connectivity index (χ1) is 17.0. The highest BCUT2D eigenvalue weighted by Gasteiger charge is 2.30. The van der Waals surface area contributed by atoms with E-state index in [9.17, 15) is 5.26 Å². The zero-order chi connectivity index (χ0) is 24.9. The molecule has 0 saturated carbocycles. The van der Waals surface area contributed by atoms with Crippen molar-refractivity contribution in [3.8, 4) is 29.5 Å². The van der Waals surface area contributed by atoms with Gasteiger partial charge in [0.05, 0.1) is 19.9 Å². The van der Waals surface area contributed by atoms with E-state index in [0.29, 0.717) is 22.9 Å². The SMILES string of the molecule is COc1ccc(OCc2cc(C3N=C(NC#N)Nc4nc(N)c(C#N)c(N)c43)ccc2OC)cc1. The maximum Gasteiger partial charge on any atom is 0.211 e. The van der Waals surface area contributed by atoms with E-state index >= 15 is 0 Å². The summed E-state index contributed by atoms with van der Waals surface area (Å²) in [5, 5.41) is 24.0. The minimum Gasteiger partial charge on any atom is -0.497 e. The predicted octanol–water partition coefficient (Wildman–Crippen LogP) is 2.66. The van der Waals surface area contributed by atoms with E-state index in [4.69, 9.17) is 30.9 Å². The minimum absolute atomic E-state index is 0.0171. The molecule has 0 radical (unpaired) electrons. The first kappa shape index (κ1) is 23.0. The Morgan fingerprint density at radius 1 is 1.06 bits per heavy atom. The van der Waals surface area contributed by atoms with Crippen LogP contribution < -0.4 is 36.3 Å². The van der Waals surface area contributed by atoms with Crippen LogP contribution in [0.1, 0.15) is 28.3 Å². The number of methoxy groups -OCH3 is 2. The molecule has 11 heteroatoms. The Morgan fingerprint density at radius 3 is 2.46 bits per heavy atom. The molecule has 0 fully saturated rings. The number of anilines is 3. The largest absolute Gasteiger partial charge is 0.497 e. The summed E-state index contributed by atoms with van der Waals surface area (Å²) in [6.07, 6.45) is 1.83. The van der Waals surface area contributed by atoms with Crippen LogP contribution in [0, 0.1) is 22.8 Å². The number of hydrogen-bond donors (Lipinski definition) is 4. The van der Waals surface area contributed by atoms with Gasteiger partial charge < -0.3 is 31.0 Å². The number of benzene rings is 2. The second kappa shape index (κ2) is 9.77. The van der Waals surface area contributed by atoms with E-state index in [2.05, 4.69) is 20.6 Å². The quantitative estimate of drug-likeness (QED) is 0.309. The van der Waals surface area contributed by atoms with Gasteiger partial charge >= 0.3 is 0 Å². The molecule has 0 bridgehead atoms. The number of rotatable bonds is 6. The minimum atomic E-state index is -0.673. The molecule has 3 aromatic rings. The van der Waals surface area contributed by atoms with Gasteiger partial charge in [-0.05, 0) is 42.0 Å². The van der Waals surface area contributed by atoms with Crippen LogP contribution in [0.5, 0.6) is 17.2 Å². The fourth-order valence-electron chi connectivity index (χ4n) is 3.74. The second-order valence-corrected chi connectivity index (χ2v) is 7.44. The lowest BCUT2D eigenvalue weighted by molar-refractivity contribution is 0.296. The van der Waals surface area contributed by atoms with E-state index in [-0.39, 0.29) is 29.6 Å². The zero-order valence-corrected chi connectivity index (χ0v) is 19.0. The van der Waals surface area contributed by atoms with Gasteiger partial charge in [0.2, 0.25) is 5.96 Å². The van der Waals surface area contributed by atoms with Gasteiger partial charge in [-0.15, -0.1) is 0 Å². The Balaban J connectivity index is 1.74. The van der Waals surface area contributed by atoms with Crippen LogP contribution in [0.15, 0.2) is 47.5 Å². The molecule has 0 amide bonds. The van der Waals surface area contributed by atoms with Crippen molar-refractivity contribution >= 4 is 23.3 Å². The van der Waals surface area contributed by atoms with Crippen LogP contribution in [-0.2, 0) is 6.61 Å². The molecule has 2 heterocycles. The summed E-state index contributed by atoms with van der Waals surface area (Å²) >= 11 is 0. The van der Waals surface area contributed by atoms with Gasteiger partial charge in [-0.2, -0.15) is 10.5 Å². The molecule has 4 rings (SSSR count). The third-order valence-electron chi connectivity index (χ3n) is 5.43. The van der Waals surface area contributed by atoms with Gasteiger partial charge in [-0.25, -0.2) is 9.98 Å². The van der Waals surface area contributed by atoms with Crippen molar-refractivity contribution in [1.82, 2.24) is 10.3 Å². The van der Waals surface area contributed by atoms with Crippen LogP contribution in [0.25, 0.3) is 0 Å². The summed E-state index contributed by atoms with van der Waals surface area (Å²) in [4.78, 5) is 8.86. The van der Waals surface area contributed by atoms with Crippen molar-refractivity contribution in [3.63, 3.8) is 0 Å². The molecule has 1 aromatic heterocycles. The van der Waals surface area contributed by atoms with Crippen molar-refractivity contribution in [2.24, 2.45) is 4.99 Å². The average molecular weight is 470 g/mol. The molecular formula is C24H22N8O3. The third-order valence-corrected chi connectivity index (χ3v) is 5.43. The molecule has 2 aromatic carbocycles. The number of fused-ring (bicyclic) bond motifs is 1. The number of aromatic nitrogens is 1. The highest BCUT2D eigenvalue weighted by molar-refractivity contribution is 5.98. The van der Waals surface area contributed by atoms with E-state index in [1.807, 2.05) is 48.7 Å². The summed E-state index contributed by atoms with van der Waals surface area (Å²) in [7, 11) is 3.17. The van der Waals surface area contributed by atoms with E-state index < -0.39 is 6.04 Å². The topological polar surface area (TPSA) is 177 Å². The number of aliphatic imine (C=N–C) groups is 1. The Bertz CT molecular complexity index is 1370. The van der Waals surface area contributed by atoms with Crippen molar-refractivity contribution in [2.75, 3.05) is 31.0 Å². The lowest BCUT2D eigenvalue weighted by Gasteiger charge is -2.26. The fraction of sp³-hybridized carbons (Fsp3) is 0.167. The molecule has 1 aliphatic rings. The Hall–Kier alpha value is -5.16. The van der Waals surface area contributed by atoms with Gasteiger partial charge in [0.25, 0.3) is 0 Å². The smallest absolute Gasteiger partial charge is 0.211 e. The lowest BCUT2D eigenvalue weighted by atomic mass is 9.94. The average Bonchev–Trinajstić information content (AvgIpc) is 2.87. The Morgan fingerprint density at radius 2 is 1.80 bits per heavy atom. The first-order valence-electron chi connectivity index (χ1n) is 10.4. The number of nitriles is 2. The van der Waals surface area contributed by atoms with Crippen LogP contribution in [0.4, 0.5) is 17.3 Å². The number of ether oxygens (including phenoxy) is 3. The van der Waals surface area contributed by atoms with Gasteiger partial charge in [0.15, 0.2) is 6.19 Å². The van der Waals surface area contributed by atoms with Crippen LogP contribution in [0.2, 0.25) is 0 Å². The van der Waals surface area contributed by atoms with Crippen LogP contribution in [-0.4, -0.2) is 25.2 Å². The van der Waals surface area contributed by atoms with Crippen molar-refractivity contribution < 1.29 is 14.2 Å². The maximum atomic E-state index is 9.51. The number of pyridine rings is 1. The molecule has 1 aliphatic heterocycles. The molecule has 1 unspecified atom stereocenters. The molecule has 35 heavy (non-hydrogen) atoms. The molecule has 0 spiro atoms. The van der Waals surface area contributed by atoms with Crippen molar-refractivity contribution in [3.05, 3.63) is 64.7 Å². The molecular weight excluding hydrogens is 448 g/mol. The zero-order valence-electron chi connectivity index (χ0n) is 19.0. The summed E-state index contributed by atoms with van der Waals surface area (Å²) in [5.41, 5.74) is 14.4. The number of hydrogen-bond acceptors (Lipinski definition) is 11. The first-order valence-corrected chi connectivity index (χ1v) is 10.4. The second-order valence-electron chi connectivity index (χ2n) is 7.44. The lowest BCUT2D eigenvalue weighted by Crippen LogP contribution is -2.32. The number of nitrogens with two attached hydrogens (primary N) is 2. The van der Waals surface area contributed by atoms with Gasteiger partial charge in [-0.1, -0.05) is 6.07 Å². The maximum absolute atomic E-state index is 9.51. The molecule has 1 atom stereocenters. The van der Waals surface area contributed by atoms with E-state index in [1.54, 1.807) is 20.3 Å². The standard InChI is InChI=1S/C24H22N8O3/c1-33-15-4-6-16(7-5-15)35-11-14-9-13(3-8-18(14)34-2)21-19-20(27)17(10-25)22(28)31-23(19)32-24(30-21)29-12-26/h3-9,21H,11H2,1-2H3,(H6,27,28,29,30,31,32). The molecule has 176 valence electrons. The van der Waals surface area contributed by atoms with Gasteiger partial charge in [0.1, 0.15) is 53.2 Å². The highest BCUT2D eigenvalue weighted by Crippen LogP contribution is 2.41. The van der Waals surface area contributed by atoms with Crippen molar-refractivity contribution in [1.29, 1.82) is 10.5 Å². The number of nitrogen functional groups attached to an aromatic ring is 2. The van der Waals surface area contributed by atoms with E-state index in [1.165, 1.54) is 0 Å². The Labute approximate surface area is 201 Å². The Kier molecular flexibility index (Phi) is 6.42. The van der Waals surface area contributed by atoms with E-state index in [0.717, 1.165) is 16.9 Å². The summed E-state index contributed by atoms with van der Waals surface area (Å²) < 4.78 is 16.6. The monoisotopic (exact) mass is 470 g/mol. The molecule has 11 nitrogen and oxygen atoms in total. The van der Waals surface area contributed by atoms with Gasteiger partial charge in [0, 0.05) is 11.1 Å². The highest BCUT2D eigenvalue weighted by atomic mass is 16.5. The third kappa shape index (κ3) is 4.51. The molecule has 0 aliphatic carbocycles. The van der Waals surface area contributed by atoms with Crippen LogP contribution in [0.3, 0.4) is 0 Å². The normalized spacial score (nSPS) is 13.8. The van der Waals surface area contributed by atoms with Crippen molar-refractivity contribution in [2.45, 2.75) is 12.6 Å². The summed E-state index contributed by atoms with van der Waals surface area (Å²) in [6, 6.07) is 14.0. The molecule has 0 saturated heterocycles. The summed E-state index contributed by atoms with van der Waals surface area (Å²) in [6.45, 7) is 0.215. The predicted molar refractivity (Wildman–Crippen MR) is 130 cm³/mol. The van der Waals surface area contributed by atoms with Gasteiger partial charge in [-0.3, -0.25) is 5.32 Å². The number of nitrogens with one attached hydrogen (secondary N) is 2. The number of nitrogens with zero attached hydrogens (tertiary/aromatic N) is 4. The molecule has 6 N–H and O–H groups in total. The fourth-order valence-corrected chi connectivity index (χ4v) is 3.74. The number of guanidine groups is 1.